The first-order valence-electron chi connectivity index (χ1n) is 4.94. The number of phosphoric acid groups is 2. The smallest absolute Gasteiger partial charge is 0.394 e. The summed E-state index contributed by atoms with van der Waals surface area (Å²) in [4.78, 5) is 25.8. The molecule has 0 bridgehead atoms. The van der Waals surface area contributed by atoms with Crippen molar-refractivity contribution in [3.8, 4) is 0 Å². The van der Waals surface area contributed by atoms with Crippen LogP contribution in [-0.2, 0) is 22.7 Å². The third-order valence-corrected chi connectivity index (χ3v) is 4.31. The third-order valence-electron chi connectivity index (χ3n) is 2.16. The van der Waals surface area contributed by atoms with Gasteiger partial charge in [0.1, 0.15) is 12.2 Å². The van der Waals surface area contributed by atoms with Crippen LogP contribution in [0.15, 0.2) is 0 Å². The van der Waals surface area contributed by atoms with Crippen LogP contribution in [0.2, 0.25) is 0 Å². The summed E-state index contributed by atoms with van der Waals surface area (Å²) in [6.07, 6.45) is -6.06. The zero-order valence-corrected chi connectivity index (χ0v) is 11.1. The van der Waals surface area contributed by atoms with Gasteiger partial charge in [0.15, 0.2) is 6.29 Å². The first kappa shape index (κ1) is 17.2. The van der Waals surface area contributed by atoms with Gasteiger partial charge in [-0.2, -0.15) is 4.31 Å². The first-order chi connectivity index (χ1) is 8.54. The van der Waals surface area contributed by atoms with E-state index in [2.05, 4.69) is 8.83 Å². The molecule has 0 radical (unpaired) electrons. The molecule has 0 aromatic heterocycles. The molecule has 19 heavy (non-hydrogen) atoms. The first-order valence-corrected chi connectivity index (χ1v) is 7.97. The zero-order chi connectivity index (χ0) is 14.8. The fourth-order valence-electron chi connectivity index (χ4n) is 1.41. The molecule has 0 amide bonds. The predicted octanol–water partition coefficient (Wildman–Crippen LogP) is -1.96. The minimum atomic E-state index is -5.28. The van der Waals surface area contributed by atoms with Gasteiger partial charge in [-0.25, -0.2) is 9.13 Å². The molecule has 1 heterocycles. The molecule has 5 atom stereocenters. The highest BCUT2D eigenvalue weighted by Gasteiger charge is 2.43. The summed E-state index contributed by atoms with van der Waals surface area (Å²) >= 11 is 0. The Balaban J connectivity index is 2.70. The van der Waals surface area contributed by atoms with E-state index in [4.69, 9.17) is 24.5 Å². The fraction of sp³-hybridized carbons (Fsp3) is 1.00. The Morgan fingerprint density at radius 1 is 1.16 bits per heavy atom. The second kappa shape index (κ2) is 6.25. The minimum absolute atomic E-state index is 0.328. The lowest BCUT2D eigenvalue weighted by Gasteiger charge is -2.36. The average molecular weight is 324 g/mol. The number of ether oxygens (including phenoxy) is 1. The second-order valence-electron chi connectivity index (χ2n) is 3.74. The molecule has 114 valence electrons. The molecule has 0 aromatic rings. The van der Waals surface area contributed by atoms with Crippen molar-refractivity contribution in [1.29, 1.82) is 0 Å². The molecule has 11 nitrogen and oxygen atoms in total. The van der Waals surface area contributed by atoms with Gasteiger partial charge in [0.25, 0.3) is 0 Å². The van der Waals surface area contributed by atoms with Crippen LogP contribution >= 0.6 is 15.6 Å². The van der Waals surface area contributed by atoms with Crippen LogP contribution in [-0.4, -0.2) is 61.2 Å². The fourth-order valence-corrected chi connectivity index (χ4v) is 3.09. The largest absolute Gasteiger partial charge is 0.483 e. The van der Waals surface area contributed by atoms with Crippen LogP contribution in [0, 0.1) is 0 Å². The minimum Gasteiger partial charge on any atom is -0.394 e. The molecule has 1 aliphatic heterocycles. The summed E-state index contributed by atoms with van der Waals surface area (Å²) in [6, 6.07) is 0. The Kier molecular flexibility index (Phi) is 5.64. The van der Waals surface area contributed by atoms with Crippen molar-refractivity contribution in [3.63, 3.8) is 0 Å². The normalized spacial score (nSPS) is 35.9. The van der Waals surface area contributed by atoms with E-state index in [9.17, 15) is 19.3 Å². The molecule has 1 aliphatic rings. The van der Waals surface area contributed by atoms with E-state index >= 15 is 0 Å². The van der Waals surface area contributed by atoms with Crippen molar-refractivity contribution < 1.29 is 52.7 Å². The monoisotopic (exact) mass is 324 g/mol. The van der Waals surface area contributed by atoms with Crippen LogP contribution in [0.25, 0.3) is 0 Å². The van der Waals surface area contributed by atoms with Crippen molar-refractivity contribution in [3.05, 3.63) is 0 Å². The Hall–Kier alpha value is 0.1000. The number of aliphatic hydroxyl groups excluding tert-OH is 3. The maximum atomic E-state index is 11.2. The van der Waals surface area contributed by atoms with Crippen LogP contribution in [0.5, 0.6) is 0 Å². The lowest BCUT2D eigenvalue weighted by atomic mass is 10.0. The maximum Gasteiger partial charge on any atom is 0.483 e. The molecule has 0 aromatic carbocycles. The van der Waals surface area contributed by atoms with E-state index in [1.165, 1.54) is 0 Å². The van der Waals surface area contributed by atoms with E-state index < -0.39 is 46.9 Å². The van der Waals surface area contributed by atoms with Crippen molar-refractivity contribution >= 4 is 15.6 Å². The standard InChI is InChI=1S/C6H14O11P2/c7-2-5-3(8)1-4(9)6(15-5)16-19(13,14)17-18(10,11)12/h3-9H,1-2H2,(H,13,14)(H2,10,11,12)/t3-,4+,5+,6-/m0/s1. The molecule has 0 spiro atoms. The molecule has 1 unspecified atom stereocenters. The lowest BCUT2D eigenvalue weighted by molar-refractivity contribution is -0.244. The molecular weight excluding hydrogens is 310 g/mol. The summed E-state index contributed by atoms with van der Waals surface area (Å²) in [5, 5.41) is 27.6. The molecule has 1 saturated heterocycles. The highest BCUT2D eigenvalue weighted by molar-refractivity contribution is 7.60. The number of aliphatic hydroxyl groups is 3. The van der Waals surface area contributed by atoms with Crippen molar-refractivity contribution in [2.75, 3.05) is 6.61 Å². The number of rotatable bonds is 5. The summed E-state index contributed by atoms with van der Waals surface area (Å²) in [5.41, 5.74) is 0. The van der Waals surface area contributed by atoms with Crippen molar-refractivity contribution in [2.24, 2.45) is 0 Å². The Bertz CT molecular complexity index is 393. The van der Waals surface area contributed by atoms with Crippen LogP contribution in [0.1, 0.15) is 6.42 Å². The number of phosphoric ester groups is 1. The summed E-state index contributed by atoms with van der Waals surface area (Å²) in [5.74, 6) is 0. The number of hydrogen-bond acceptors (Lipinski definition) is 8. The zero-order valence-electron chi connectivity index (χ0n) is 9.34. The SMILES string of the molecule is O=P(O)(O)OP(=O)(O)O[C@@H]1O[C@H](CO)[C@@H](O)C[C@H]1O. The molecule has 1 fully saturated rings. The molecule has 1 rings (SSSR count). The molecular formula is C6H14O11P2. The van der Waals surface area contributed by atoms with Crippen LogP contribution in [0.4, 0.5) is 0 Å². The molecule has 0 saturated carbocycles. The Morgan fingerprint density at radius 3 is 2.21 bits per heavy atom. The van der Waals surface area contributed by atoms with Gasteiger partial charge in [0.2, 0.25) is 0 Å². The molecule has 6 N–H and O–H groups in total. The van der Waals surface area contributed by atoms with E-state index in [-0.39, 0.29) is 6.42 Å². The number of hydrogen-bond donors (Lipinski definition) is 6. The maximum absolute atomic E-state index is 11.2. The van der Waals surface area contributed by atoms with Gasteiger partial charge in [-0.05, 0) is 0 Å². The van der Waals surface area contributed by atoms with E-state index in [1.807, 2.05) is 0 Å². The van der Waals surface area contributed by atoms with Crippen LogP contribution < -0.4 is 0 Å². The summed E-state index contributed by atoms with van der Waals surface area (Å²) in [7, 11) is -10.5. The van der Waals surface area contributed by atoms with E-state index in [0.29, 0.717) is 0 Å². The van der Waals surface area contributed by atoms with Gasteiger partial charge in [-0.3, -0.25) is 4.52 Å². The van der Waals surface area contributed by atoms with Gasteiger partial charge in [-0.1, -0.05) is 0 Å². The van der Waals surface area contributed by atoms with Gasteiger partial charge >= 0.3 is 15.6 Å². The third kappa shape index (κ3) is 5.54. The van der Waals surface area contributed by atoms with E-state index in [0.717, 1.165) is 0 Å². The van der Waals surface area contributed by atoms with Crippen LogP contribution in [0.3, 0.4) is 0 Å². The quantitative estimate of drug-likeness (QED) is 0.309. The lowest BCUT2D eigenvalue weighted by Crippen LogP contribution is -2.49. The molecule has 0 aliphatic carbocycles. The predicted molar refractivity (Wildman–Crippen MR) is 56.4 cm³/mol. The highest BCUT2D eigenvalue weighted by atomic mass is 31.3. The Labute approximate surface area is 107 Å². The van der Waals surface area contributed by atoms with Crippen molar-refractivity contribution in [2.45, 2.75) is 31.0 Å². The topological polar surface area (TPSA) is 183 Å². The Morgan fingerprint density at radius 2 is 1.74 bits per heavy atom. The van der Waals surface area contributed by atoms with Gasteiger partial charge in [0.05, 0.1) is 12.7 Å². The van der Waals surface area contributed by atoms with Crippen molar-refractivity contribution in [1.82, 2.24) is 0 Å². The van der Waals surface area contributed by atoms with Gasteiger partial charge in [-0.15, -0.1) is 0 Å². The van der Waals surface area contributed by atoms with Gasteiger partial charge in [0, 0.05) is 6.42 Å². The summed E-state index contributed by atoms with van der Waals surface area (Å²) in [6.45, 7) is -0.650. The highest BCUT2D eigenvalue weighted by Crippen LogP contribution is 2.58. The average Bonchev–Trinajstić information content (AvgIpc) is 2.18. The summed E-state index contributed by atoms with van der Waals surface area (Å²) < 4.78 is 34.2. The van der Waals surface area contributed by atoms with E-state index in [1.54, 1.807) is 0 Å². The second-order valence-corrected chi connectivity index (χ2v) is 6.52. The van der Waals surface area contributed by atoms with Gasteiger partial charge < -0.3 is 34.7 Å². The molecule has 13 heteroatoms.